The minimum absolute atomic E-state index is 0.0399. The van der Waals surface area contributed by atoms with E-state index in [9.17, 15) is 9.59 Å². The van der Waals surface area contributed by atoms with Gasteiger partial charge in [0.25, 0.3) is 0 Å². The van der Waals surface area contributed by atoms with Crippen molar-refractivity contribution in [2.24, 2.45) is 0 Å². The highest BCUT2D eigenvalue weighted by atomic mass is 16.5. The molecule has 0 saturated carbocycles. The lowest BCUT2D eigenvalue weighted by Gasteiger charge is -2.11. The fourth-order valence-corrected chi connectivity index (χ4v) is 2.34. The van der Waals surface area contributed by atoms with E-state index < -0.39 is 5.97 Å². The van der Waals surface area contributed by atoms with Crippen molar-refractivity contribution in [1.29, 1.82) is 0 Å². The molecule has 7 heteroatoms. The van der Waals surface area contributed by atoms with Crippen LogP contribution in [0.1, 0.15) is 28.8 Å². The van der Waals surface area contributed by atoms with Gasteiger partial charge in [0.2, 0.25) is 5.91 Å². The summed E-state index contributed by atoms with van der Waals surface area (Å²) >= 11 is 0. The quantitative estimate of drug-likeness (QED) is 0.747. The van der Waals surface area contributed by atoms with Gasteiger partial charge in [-0.25, -0.2) is 4.79 Å². The number of benzene rings is 1. The molecule has 7 nitrogen and oxygen atoms in total. The number of carboxylic acids is 1. The molecule has 1 aromatic rings. The Kier molecular flexibility index (Phi) is 6.37. The zero-order valence-corrected chi connectivity index (χ0v) is 13.0. The van der Waals surface area contributed by atoms with Crippen LogP contribution in [0.3, 0.4) is 0 Å². The third kappa shape index (κ3) is 5.22. The summed E-state index contributed by atoms with van der Waals surface area (Å²) in [6.45, 7) is 1.36. The number of amides is 1. The van der Waals surface area contributed by atoms with Gasteiger partial charge in [-0.1, -0.05) is 6.07 Å². The summed E-state index contributed by atoms with van der Waals surface area (Å²) in [5.74, 6) is -1.04. The van der Waals surface area contributed by atoms with Gasteiger partial charge in [-0.2, -0.15) is 0 Å². The molecule has 2 N–H and O–H groups in total. The van der Waals surface area contributed by atoms with Gasteiger partial charge < -0.3 is 24.6 Å². The Hall–Kier alpha value is -2.12. The second-order valence-corrected chi connectivity index (χ2v) is 5.27. The fraction of sp³-hybridized carbons (Fsp3) is 0.500. The molecule has 0 aliphatic carbocycles. The third-order valence-corrected chi connectivity index (χ3v) is 3.54. The Labute approximate surface area is 134 Å². The van der Waals surface area contributed by atoms with E-state index in [0.717, 1.165) is 19.4 Å². The summed E-state index contributed by atoms with van der Waals surface area (Å²) in [7, 11) is 1.41. The molecule has 0 aromatic heterocycles. The Morgan fingerprint density at radius 3 is 2.91 bits per heavy atom. The molecular weight excluding hydrogens is 302 g/mol. The smallest absolute Gasteiger partial charge is 0.339 e. The minimum Gasteiger partial charge on any atom is -0.496 e. The number of carbonyl (C=O) groups excluding carboxylic acids is 1. The molecule has 126 valence electrons. The predicted octanol–water partition coefficient (Wildman–Crippen LogP) is 1.21. The summed E-state index contributed by atoms with van der Waals surface area (Å²) in [5.41, 5.74) is 0.740. The first-order valence-electron chi connectivity index (χ1n) is 7.46. The first-order valence-corrected chi connectivity index (χ1v) is 7.46. The van der Waals surface area contributed by atoms with E-state index in [1.54, 1.807) is 12.1 Å². The molecule has 1 aliphatic heterocycles. The first kappa shape index (κ1) is 17.2. The lowest BCUT2D eigenvalue weighted by Crippen LogP contribution is -2.28. The van der Waals surface area contributed by atoms with Crippen molar-refractivity contribution in [1.82, 2.24) is 5.32 Å². The lowest BCUT2D eigenvalue weighted by atomic mass is 10.1. The molecule has 1 heterocycles. The summed E-state index contributed by atoms with van der Waals surface area (Å²) in [4.78, 5) is 22.9. The third-order valence-electron chi connectivity index (χ3n) is 3.54. The molecule has 1 saturated heterocycles. The van der Waals surface area contributed by atoms with Gasteiger partial charge >= 0.3 is 5.97 Å². The summed E-state index contributed by atoms with van der Waals surface area (Å²) in [6, 6.07) is 4.76. The molecule has 0 radical (unpaired) electrons. The van der Waals surface area contributed by atoms with E-state index in [1.807, 2.05) is 0 Å². The highest BCUT2D eigenvalue weighted by Gasteiger charge is 2.16. The van der Waals surface area contributed by atoms with Gasteiger partial charge in [0.15, 0.2) is 0 Å². The van der Waals surface area contributed by atoms with Crippen molar-refractivity contribution in [2.45, 2.75) is 25.5 Å². The number of methoxy groups -OCH3 is 1. The van der Waals surface area contributed by atoms with Crippen LogP contribution in [0.25, 0.3) is 0 Å². The van der Waals surface area contributed by atoms with E-state index in [0.29, 0.717) is 12.2 Å². The van der Waals surface area contributed by atoms with Crippen LogP contribution in [0, 0.1) is 0 Å². The number of carbonyl (C=O) groups is 2. The molecule has 1 fully saturated rings. The van der Waals surface area contributed by atoms with E-state index in [-0.39, 0.29) is 36.5 Å². The van der Waals surface area contributed by atoms with Crippen molar-refractivity contribution >= 4 is 11.9 Å². The van der Waals surface area contributed by atoms with Gasteiger partial charge in [0.05, 0.1) is 19.8 Å². The van der Waals surface area contributed by atoms with Crippen LogP contribution in [0.2, 0.25) is 0 Å². The molecule has 1 atom stereocenters. The van der Waals surface area contributed by atoms with Crippen LogP contribution in [0.5, 0.6) is 5.75 Å². The van der Waals surface area contributed by atoms with Gasteiger partial charge in [0, 0.05) is 13.2 Å². The Balaban J connectivity index is 1.77. The van der Waals surface area contributed by atoms with Crippen LogP contribution in [0.15, 0.2) is 18.2 Å². The minimum atomic E-state index is -1.07. The molecule has 1 unspecified atom stereocenters. The Bertz CT molecular complexity index is 554. The standard InChI is InChI=1S/C16H21NO6/c1-21-14-5-4-11(7-13(14)16(19)20)8-17-15(18)10-22-9-12-3-2-6-23-12/h4-5,7,12H,2-3,6,8-10H2,1H3,(H,17,18)(H,19,20). The van der Waals surface area contributed by atoms with Crippen molar-refractivity contribution in [3.05, 3.63) is 29.3 Å². The van der Waals surface area contributed by atoms with E-state index >= 15 is 0 Å². The zero-order valence-electron chi connectivity index (χ0n) is 13.0. The number of carboxylic acid groups (broad SMARTS) is 1. The molecule has 0 bridgehead atoms. The molecule has 2 rings (SSSR count). The van der Waals surface area contributed by atoms with Crippen LogP contribution in [-0.2, 0) is 20.8 Å². The van der Waals surface area contributed by atoms with Crippen molar-refractivity contribution in [2.75, 3.05) is 26.9 Å². The monoisotopic (exact) mass is 323 g/mol. The highest BCUT2D eigenvalue weighted by Crippen LogP contribution is 2.19. The zero-order chi connectivity index (χ0) is 16.7. The van der Waals surface area contributed by atoms with Crippen molar-refractivity contribution in [3.63, 3.8) is 0 Å². The van der Waals surface area contributed by atoms with E-state index in [1.165, 1.54) is 13.2 Å². The molecule has 1 aromatic carbocycles. The van der Waals surface area contributed by atoms with Gasteiger partial charge in [-0.05, 0) is 30.5 Å². The van der Waals surface area contributed by atoms with Gasteiger partial charge in [0.1, 0.15) is 17.9 Å². The number of ether oxygens (including phenoxy) is 3. The topological polar surface area (TPSA) is 94.1 Å². The summed E-state index contributed by atoms with van der Waals surface area (Å²) in [5, 5.41) is 11.8. The number of hydrogen-bond acceptors (Lipinski definition) is 5. The summed E-state index contributed by atoms with van der Waals surface area (Å²) < 4.78 is 15.7. The Morgan fingerprint density at radius 1 is 1.43 bits per heavy atom. The highest BCUT2D eigenvalue weighted by molar-refractivity contribution is 5.91. The maximum absolute atomic E-state index is 11.7. The van der Waals surface area contributed by atoms with Crippen LogP contribution >= 0.6 is 0 Å². The van der Waals surface area contributed by atoms with E-state index in [4.69, 9.17) is 19.3 Å². The number of hydrogen-bond donors (Lipinski definition) is 2. The number of aromatic carboxylic acids is 1. The van der Waals surface area contributed by atoms with Gasteiger partial charge in [-0.3, -0.25) is 4.79 Å². The van der Waals surface area contributed by atoms with Crippen LogP contribution in [-0.4, -0.2) is 50.0 Å². The fourth-order valence-electron chi connectivity index (χ4n) is 2.34. The largest absolute Gasteiger partial charge is 0.496 e. The maximum atomic E-state index is 11.7. The maximum Gasteiger partial charge on any atom is 0.339 e. The number of nitrogens with one attached hydrogen (secondary N) is 1. The average molecular weight is 323 g/mol. The normalized spacial score (nSPS) is 17.0. The summed E-state index contributed by atoms with van der Waals surface area (Å²) in [6.07, 6.45) is 2.08. The van der Waals surface area contributed by atoms with E-state index in [2.05, 4.69) is 5.32 Å². The molecular formula is C16H21NO6. The molecule has 0 spiro atoms. The van der Waals surface area contributed by atoms with Crippen molar-refractivity contribution in [3.8, 4) is 5.75 Å². The van der Waals surface area contributed by atoms with Gasteiger partial charge in [-0.15, -0.1) is 0 Å². The number of rotatable bonds is 8. The lowest BCUT2D eigenvalue weighted by molar-refractivity contribution is -0.127. The van der Waals surface area contributed by atoms with Crippen molar-refractivity contribution < 1.29 is 28.9 Å². The SMILES string of the molecule is COc1ccc(CNC(=O)COCC2CCCO2)cc1C(=O)O. The second kappa shape index (κ2) is 8.50. The second-order valence-electron chi connectivity index (χ2n) is 5.27. The van der Waals surface area contributed by atoms with Crippen LogP contribution < -0.4 is 10.1 Å². The molecule has 23 heavy (non-hydrogen) atoms. The van der Waals surface area contributed by atoms with Crippen LogP contribution in [0.4, 0.5) is 0 Å². The molecule has 1 aliphatic rings. The molecule has 1 amide bonds. The Morgan fingerprint density at radius 2 is 2.26 bits per heavy atom. The predicted molar refractivity (Wildman–Crippen MR) is 81.6 cm³/mol. The average Bonchev–Trinajstić information content (AvgIpc) is 3.06. The first-order chi connectivity index (χ1) is 11.1.